The number of methoxy groups -OCH3 is 5. The summed E-state index contributed by atoms with van der Waals surface area (Å²) in [6, 6.07) is 6.36. The number of hydrogen-bond acceptors (Lipinski definition) is 11. The van der Waals surface area contributed by atoms with Crippen molar-refractivity contribution in [3.8, 4) is 46.0 Å². The number of carbonyl (C=O) groups is 1. The third kappa shape index (κ3) is 4.27. The lowest BCUT2D eigenvalue weighted by Gasteiger charge is -2.22. The average molecular weight is 542 g/mol. The average Bonchev–Trinajstić information content (AvgIpc) is 3.57. The van der Waals surface area contributed by atoms with Crippen molar-refractivity contribution in [3.05, 3.63) is 51.6 Å². The van der Waals surface area contributed by atoms with Gasteiger partial charge in [0, 0.05) is 29.4 Å². The van der Waals surface area contributed by atoms with Crippen LogP contribution in [0.2, 0.25) is 0 Å². The van der Waals surface area contributed by atoms with Gasteiger partial charge >= 0.3 is 5.63 Å². The lowest BCUT2D eigenvalue weighted by Crippen LogP contribution is -2.35. The Labute approximate surface area is 223 Å². The van der Waals surface area contributed by atoms with Gasteiger partial charge in [0.15, 0.2) is 29.1 Å². The summed E-state index contributed by atoms with van der Waals surface area (Å²) < 4.78 is 50.0. The van der Waals surface area contributed by atoms with Crippen LogP contribution in [0.4, 0.5) is 5.69 Å². The number of aryl methyl sites for hydroxylation is 1. The number of nitrogens with one attached hydrogen (secondary N) is 1. The van der Waals surface area contributed by atoms with E-state index in [1.807, 2.05) is 0 Å². The topological polar surface area (TPSA) is 133 Å². The Hall–Kier alpha value is -4.74. The SMILES string of the molecule is COc1cc(NC(=O)[C@@H]2Oc3cc(C)oc(=O)c3[C@@H]2c2cc(OC)c3c(c2OC)OCO3)cc(OC)c1OC. The lowest BCUT2D eigenvalue weighted by atomic mass is 9.87. The second-order valence-electron chi connectivity index (χ2n) is 8.61. The van der Waals surface area contributed by atoms with E-state index < -0.39 is 23.6 Å². The highest BCUT2D eigenvalue weighted by atomic mass is 16.7. The minimum Gasteiger partial charge on any atom is -0.493 e. The van der Waals surface area contributed by atoms with Crippen LogP contribution >= 0.6 is 0 Å². The minimum absolute atomic E-state index is 0.0460. The van der Waals surface area contributed by atoms with Crippen LogP contribution in [0.25, 0.3) is 0 Å². The molecule has 0 bridgehead atoms. The van der Waals surface area contributed by atoms with Crippen molar-refractivity contribution in [2.75, 3.05) is 47.7 Å². The molecule has 39 heavy (non-hydrogen) atoms. The highest BCUT2D eigenvalue weighted by Crippen LogP contribution is 2.54. The van der Waals surface area contributed by atoms with Gasteiger partial charge in [0.1, 0.15) is 11.5 Å². The van der Waals surface area contributed by atoms with E-state index in [9.17, 15) is 9.59 Å². The monoisotopic (exact) mass is 541 g/mol. The van der Waals surface area contributed by atoms with Crippen molar-refractivity contribution in [1.29, 1.82) is 0 Å². The summed E-state index contributed by atoms with van der Waals surface area (Å²) in [6.45, 7) is 1.57. The Morgan fingerprint density at radius 1 is 0.846 bits per heavy atom. The van der Waals surface area contributed by atoms with E-state index in [1.165, 1.54) is 35.5 Å². The van der Waals surface area contributed by atoms with Crippen molar-refractivity contribution in [3.63, 3.8) is 0 Å². The van der Waals surface area contributed by atoms with E-state index >= 15 is 0 Å². The van der Waals surface area contributed by atoms with Crippen LogP contribution < -0.4 is 48.8 Å². The summed E-state index contributed by atoms with van der Waals surface area (Å²) in [4.78, 5) is 26.9. The van der Waals surface area contributed by atoms with Gasteiger partial charge in [-0.05, 0) is 13.0 Å². The molecule has 1 aromatic heterocycles. The molecule has 0 saturated carbocycles. The third-order valence-electron chi connectivity index (χ3n) is 6.48. The molecular formula is C27H27NO11. The molecule has 206 valence electrons. The van der Waals surface area contributed by atoms with E-state index in [2.05, 4.69) is 5.32 Å². The number of amides is 1. The largest absolute Gasteiger partial charge is 0.493 e. The molecule has 0 radical (unpaired) electrons. The first kappa shape index (κ1) is 25.9. The molecule has 0 unspecified atom stereocenters. The van der Waals surface area contributed by atoms with Crippen molar-refractivity contribution in [2.45, 2.75) is 18.9 Å². The number of rotatable bonds is 8. The maximum atomic E-state index is 13.8. The zero-order valence-electron chi connectivity index (χ0n) is 22.2. The molecule has 12 nitrogen and oxygen atoms in total. The second-order valence-corrected chi connectivity index (χ2v) is 8.61. The summed E-state index contributed by atoms with van der Waals surface area (Å²) in [6.07, 6.45) is -1.21. The van der Waals surface area contributed by atoms with Crippen LogP contribution in [0.15, 0.2) is 33.5 Å². The Morgan fingerprint density at radius 3 is 2.10 bits per heavy atom. The molecule has 3 heterocycles. The zero-order chi connectivity index (χ0) is 27.8. The number of benzene rings is 2. The molecule has 1 N–H and O–H groups in total. The highest BCUT2D eigenvalue weighted by Gasteiger charge is 2.46. The fourth-order valence-corrected chi connectivity index (χ4v) is 4.84. The first-order chi connectivity index (χ1) is 18.8. The summed E-state index contributed by atoms with van der Waals surface area (Å²) in [5, 5.41) is 2.83. The molecule has 0 aliphatic carbocycles. The summed E-state index contributed by atoms with van der Waals surface area (Å²) in [5.74, 6) is 1.37. The normalized spacial score (nSPS) is 16.7. The van der Waals surface area contributed by atoms with Crippen LogP contribution in [-0.4, -0.2) is 54.4 Å². The zero-order valence-corrected chi connectivity index (χ0v) is 22.2. The quantitative estimate of drug-likeness (QED) is 0.451. The van der Waals surface area contributed by atoms with Crippen molar-refractivity contribution in [1.82, 2.24) is 0 Å². The van der Waals surface area contributed by atoms with Crippen LogP contribution in [0.1, 0.15) is 22.8 Å². The molecule has 0 fully saturated rings. The van der Waals surface area contributed by atoms with Gasteiger partial charge in [-0.15, -0.1) is 0 Å². The van der Waals surface area contributed by atoms with Gasteiger partial charge in [0.25, 0.3) is 5.91 Å². The van der Waals surface area contributed by atoms with Crippen molar-refractivity contribution in [2.24, 2.45) is 0 Å². The fraction of sp³-hybridized carbons (Fsp3) is 0.333. The Morgan fingerprint density at radius 2 is 1.49 bits per heavy atom. The van der Waals surface area contributed by atoms with E-state index in [1.54, 1.807) is 31.2 Å². The molecule has 0 spiro atoms. The van der Waals surface area contributed by atoms with Crippen LogP contribution in [0.3, 0.4) is 0 Å². The van der Waals surface area contributed by atoms with E-state index in [-0.39, 0.29) is 23.9 Å². The van der Waals surface area contributed by atoms with Gasteiger partial charge < -0.3 is 47.6 Å². The molecular weight excluding hydrogens is 514 g/mol. The van der Waals surface area contributed by atoms with Gasteiger partial charge in [0.2, 0.25) is 24.0 Å². The first-order valence-corrected chi connectivity index (χ1v) is 11.8. The number of carbonyl (C=O) groups excluding carboxylic acids is 1. The highest BCUT2D eigenvalue weighted by molar-refractivity contribution is 5.97. The third-order valence-corrected chi connectivity index (χ3v) is 6.48. The number of ether oxygens (including phenoxy) is 8. The molecule has 2 aromatic carbocycles. The molecule has 2 aliphatic rings. The number of anilines is 1. The van der Waals surface area contributed by atoms with E-state index in [0.717, 1.165) is 0 Å². The molecule has 3 aromatic rings. The molecule has 1 amide bonds. The van der Waals surface area contributed by atoms with Gasteiger partial charge in [-0.2, -0.15) is 0 Å². The summed E-state index contributed by atoms with van der Waals surface area (Å²) >= 11 is 0. The van der Waals surface area contributed by atoms with Crippen LogP contribution in [0, 0.1) is 6.92 Å². The minimum atomic E-state index is -1.21. The smallest absolute Gasteiger partial charge is 0.343 e. The van der Waals surface area contributed by atoms with Gasteiger partial charge in [-0.1, -0.05) is 0 Å². The maximum absolute atomic E-state index is 13.8. The van der Waals surface area contributed by atoms with Gasteiger partial charge in [-0.25, -0.2) is 4.79 Å². The standard InChI is InChI=1S/C27H27NO11/c1-12-7-15-20(27(30)38-12)19(14-10-18(33-4)23-25(21(14)34-5)37-11-36-23)24(39-15)26(29)28-13-8-16(31-2)22(35-6)17(9-13)32-3/h7-10,19,24H,11H2,1-6H3,(H,28,29)/t19-,24+/m0/s1. The lowest BCUT2D eigenvalue weighted by molar-refractivity contribution is -0.122. The fourth-order valence-electron chi connectivity index (χ4n) is 4.84. The molecule has 12 heteroatoms. The summed E-state index contributed by atoms with van der Waals surface area (Å²) in [5.41, 5.74) is 0.284. The van der Waals surface area contributed by atoms with Gasteiger partial charge in [0.05, 0.1) is 47.0 Å². The Bertz CT molecular complexity index is 1470. The molecule has 2 aliphatic heterocycles. The van der Waals surface area contributed by atoms with Crippen LogP contribution in [0.5, 0.6) is 46.0 Å². The van der Waals surface area contributed by atoms with Crippen LogP contribution in [-0.2, 0) is 4.79 Å². The number of hydrogen-bond donors (Lipinski definition) is 1. The second kappa shape index (κ2) is 10.2. The summed E-state index contributed by atoms with van der Waals surface area (Å²) in [7, 11) is 7.34. The maximum Gasteiger partial charge on any atom is 0.343 e. The predicted molar refractivity (Wildman–Crippen MR) is 136 cm³/mol. The first-order valence-electron chi connectivity index (χ1n) is 11.8. The van der Waals surface area contributed by atoms with Crippen molar-refractivity contribution < 1.29 is 47.1 Å². The molecule has 0 saturated heterocycles. The van der Waals surface area contributed by atoms with E-state index in [4.69, 9.17) is 42.3 Å². The van der Waals surface area contributed by atoms with Crippen molar-refractivity contribution >= 4 is 11.6 Å². The Balaban J connectivity index is 1.63. The van der Waals surface area contributed by atoms with Gasteiger partial charge in [-0.3, -0.25) is 4.79 Å². The Kier molecular flexibility index (Phi) is 6.77. The predicted octanol–water partition coefficient (Wildman–Crippen LogP) is 3.25. The van der Waals surface area contributed by atoms with E-state index in [0.29, 0.717) is 51.5 Å². The number of fused-ring (bicyclic) bond motifs is 2. The molecule has 5 rings (SSSR count). The molecule has 2 atom stereocenters.